The molecule has 0 atom stereocenters. The van der Waals surface area contributed by atoms with E-state index in [1.54, 1.807) is 32.4 Å². The fourth-order valence-electron chi connectivity index (χ4n) is 3.78. The predicted molar refractivity (Wildman–Crippen MR) is 132 cm³/mol. The molecule has 0 aliphatic carbocycles. The van der Waals surface area contributed by atoms with Crippen LogP contribution in [0.5, 0.6) is 23.0 Å². The fraction of sp³-hybridized carbons (Fsp3) is 0.259. The Labute approximate surface area is 204 Å². The number of methoxy groups -OCH3 is 2. The summed E-state index contributed by atoms with van der Waals surface area (Å²) >= 11 is 0. The molecule has 184 valence electrons. The highest BCUT2D eigenvalue weighted by molar-refractivity contribution is 5.95. The van der Waals surface area contributed by atoms with Gasteiger partial charge in [0.05, 0.1) is 14.2 Å². The van der Waals surface area contributed by atoms with Crippen LogP contribution >= 0.6 is 0 Å². The van der Waals surface area contributed by atoms with E-state index < -0.39 is 5.97 Å². The van der Waals surface area contributed by atoms with E-state index in [0.29, 0.717) is 48.2 Å². The summed E-state index contributed by atoms with van der Waals surface area (Å²) < 4.78 is 17.0. The summed E-state index contributed by atoms with van der Waals surface area (Å²) in [6.07, 6.45) is 0.860. The van der Waals surface area contributed by atoms with Gasteiger partial charge in [0.15, 0.2) is 23.0 Å². The van der Waals surface area contributed by atoms with Crippen molar-refractivity contribution in [1.29, 1.82) is 0 Å². The molecular weight excluding hydrogens is 448 g/mol. The monoisotopic (exact) mass is 478 g/mol. The fourth-order valence-corrected chi connectivity index (χ4v) is 3.78. The number of nitrogens with zero attached hydrogens (tertiary/aromatic N) is 1. The lowest BCUT2D eigenvalue weighted by atomic mass is 9.99. The second-order valence-corrected chi connectivity index (χ2v) is 7.92. The Kier molecular flexibility index (Phi) is 8.69. The molecule has 8 heteroatoms. The van der Waals surface area contributed by atoms with E-state index in [2.05, 4.69) is 12.1 Å². The molecule has 1 amide bonds. The summed E-state index contributed by atoms with van der Waals surface area (Å²) in [4.78, 5) is 24.0. The number of carboxylic acids is 1. The van der Waals surface area contributed by atoms with Gasteiger partial charge in [0.25, 0.3) is 11.9 Å². The Balaban J connectivity index is 0.000000795. The van der Waals surface area contributed by atoms with Gasteiger partial charge in [0.1, 0.15) is 0 Å². The van der Waals surface area contributed by atoms with Gasteiger partial charge in [-0.3, -0.25) is 9.59 Å². The predicted octanol–water partition coefficient (Wildman–Crippen LogP) is 4.24. The summed E-state index contributed by atoms with van der Waals surface area (Å²) in [5.74, 6) is 1.25. The van der Waals surface area contributed by atoms with Gasteiger partial charge in [-0.15, -0.1) is 0 Å². The third kappa shape index (κ3) is 6.51. The van der Waals surface area contributed by atoms with Gasteiger partial charge in [0, 0.05) is 32.1 Å². The first-order chi connectivity index (χ1) is 16.9. The summed E-state index contributed by atoms with van der Waals surface area (Å²) in [5.41, 5.74) is 9.72. The Morgan fingerprint density at radius 3 is 2.14 bits per heavy atom. The zero-order valence-corrected chi connectivity index (χ0v) is 20.1. The molecule has 8 nitrogen and oxygen atoms in total. The van der Waals surface area contributed by atoms with Gasteiger partial charge in [-0.25, -0.2) is 0 Å². The number of ether oxygens (including phenoxy) is 3. The molecule has 4 rings (SSSR count). The highest BCUT2D eigenvalue weighted by Crippen LogP contribution is 2.37. The molecule has 0 saturated carbocycles. The number of hydrogen-bond donors (Lipinski definition) is 2. The maximum Gasteiger partial charge on any atom is 0.300 e. The topological polar surface area (TPSA) is 111 Å². The van der Waals surface area contributed by atoms with Crippen LogP contribution in [0.25, 0.3) is 0 Å². The molecule has 0 bridgehead atoms. The minimum Gasteiger partial charge on any atom is -0.493 e. The molecule has 3 aromatic rings. The van der Waals surface area contributed by atoms with Crippen LogP contribution in [-0.2, 0) is 24.3 Å². The molecule has 0 saturated heterocycles. The number of nitrogens with two attached hydrogens (primary N) is 1. The normalized spacial score (nSPS) is 12.1. The number of benzene rings is 3. The number of rotatable bonds is 6. The summed E-state index contributed by atoms with van der Waals surface area (Å²) in [5, 5.41) is 7.42. The van der Waals surface area contributed by atoms with E-state index in [9.17, 15) is 4.79 Å². The molecule has 3 aromatic carbocycles. The molecular formula is C27H30N2O6. The molecule has 0 radical (unpaired) electrons. The van der Waals surface area contributed by atoms with Crippen molar-refractivity contribution in [2.75, 3.05) is 20.8 Å². The zero-order chi connectivity index (χ0) is 25.4. The van der Waals surface area contributed by atoms with Crippen LogP contribution in [0.1, 0.15) is 34.0 Å². The highest BCUT2D eigenvalue weighted by Gasteiger charge is 2.23. The molecule has 3 N–H and O–H groups in total. The van der Waals surface area contributed by atoms with Crippen LogP contribution < -0.4 is 19.9 Å². The van der Waals surface area contributed by atoms with Gasteiger partial charge < -0.3 is 30.0 Å². The number of carbonyl (C=O) groups is 2. The van der Waals surface area contributed by atoms with Crippen LogP contribution in [0.3, 0.4) is 0 Å². The zero-order valence-electron chi connectivity index (χ0n) is 20.1. The molecule has 35 heavy (non-hydrogen) atoms. The molecule has 1 aliphatic rings. The van der Waals surface area contributed by atoms with Crippen molar-refractivity contribution in [2.45, 2.75) is 26.4 Å². The minimum atomic E-state index is -0.833. The Morgan fingerprint density at radius 1 is 0.914 bits per heavy atom. The standard InChI is InChI=1S/C25H26N2O4.C2H4O2/c1-29-23-13-17(15-26)7-9-21(23)31-22-10-8-19(14-24(22)30-2)25(28)27-12-11-18-5-3-4-6-20(18)16-27;1-2(3)4/h3-10,13-14H,11-12,15-16,26H2,1-2H3;1H3,(H,3,4). The van der Waals surface area contributed by atoms with Gasteiger partial charge in [0.2, 0.25) is 0 Å². The Hall–Kier alpha value is -4.04. The average molecular weight is 479 g/mol. The number of fused-ring (bicyclic) bond motifs is 1. The van der Waals surface area contributed by atoms with E-state index in [1.165, 1.54) is 11.1 Å². The third-order valence-electron chi connectivity index (χ3n) is 5.51. The lowest BCUT2D eigenvalue weighted by Gasteiger charge is -2.29. The van der Waals surface area contributed by atoms with Gasteiger partial charge in [-0.1, -0.05) is 30.3 Å². The number of hydrogen-bond acceptors (Lipinski definition) is 6. The summed E-state index contributed by atoms with van der Waals surface area (Å²) in [7, 11) is 3.14. The molecule has 1 heterocycles. The molecule has 0 aromatic heterocycles. The van der Waals surface area contributed by atoms with Crippen molar-refractivity contribution >= 4 is 11.9 Å². The first kappa shape index (κ1) is 25.6. The van der Waals surface area contributed by atoms with Crippen LogP contribution in [-0.4, -0.2) is 42.6 Å². The SMILES string of the molecule is CC(=O)O.COc1cc(CN)ccc1Oc1ccc(C(=O)N2CCc3ccccc3C2)cc1OC. The Bertz CT molecular complexity index is 1190. The van der Waals surface area contributed by atoms with Gasteiger partial charge >= 0.3 is 0 Å². The van der Waals surface area contributed by atoms with Gasteiger partial charge in [-0.05, 0) is 53.4 Å². The number of carbonyl (C=O) groups excluding carboxylic acids is 1. The molecule has 0 spiro atoms. The van der Waals surface area contributed by atoms with E-state index >= 15 is 0 Å². The van der Waals surface area contributed by atoms with Crippen LogP contribution in [0.2, 0.25) is 0 Å². The average Bonchev–Trinajstić information content (AvgIpc) is 2.88. The molecule has 0 unspecified atom stereocenters. The van der Waals surface area contributed by atoms with Crippen LogP contribution in [0.4, 0.5) is 0 Å². The number of aliphatic carboxylic acids is 1. The molecule has 1 aliphatic heterocycles. The molecule has 0 fully saturated rings. The van der Waals surface area contributed by atoms with Crippen molar-refractivity contribution in [1.82, 2.24) is 4.90 Å². The number of carboxylic acid groups (broad SMARTS) is 1. The van der Waals surface area contributed by atoms with Crippen molar-refractivity contribution in [2.24, 2.45) is 5.73 Å². The van der Waals surface area contributed by atoms with Crippen molar-refractivity contribution in [3.63, 3.8) is 0 Å². The highest BCUT2D eigenvalue weighted by atomic mass is 16.5. The van der Waals surface area contributed by atoms with Crippen molar-refractivity contribution < 1.29 is 28.9 Å². The first-order valence-corrected chi connectivity index (χ1v) is 11.1. The van der Waals surface area contributed by atoms with E-state index in [-0.39, 0.29) is 5.91 Å². The summed E-state index contributed by atoms with van der Waals surface area (Å²) in [6, 6.07) is 19.0. The van der Waals surface area contributed by atoms with E-state index in [1.807, 2.05) is 35.2 Å². The largest absolute Gasteiger partial charge is 0.493 e. The van der Waals surface area contributed by atoms with Crippen molar-refractivity contribution in [3.8, 4) is 23.0 Å². The van der Waals surface area contributed by atoms with Crippen LogP contribution in [0, 0.1) is 0 Å². The second-order valence-electron chi connectivity index (χ2n) is 7.92. The van der Waals surface area contributed by atoms with Crippen LogP contribution in [0.15, 0.2) is 60.7 Å². The second kappa shape index (κ2) is 11.9. The number of amides is 1. The lowest BCUT2D eigenvalue weighted by molar-refractivity contribution is -0.134. The minimum absolute atomic E-state index is 0.0239. The summed E-state index contributed by atoms with van der Waals surface area (Å²) in [6.45, 7) is 2.80. The Morgan fingerprint density at radius 2 is 1.51 bits per heavy atom. The smallest absolute Gasteiger partial charge is 0.300 e. The lowest BCUT2D eigenvalue weighted by Crippen LogP contribution is -2.35. The third-order valence-corrected chi connectivity index (χ3v) is 5.51. The first-order valence-electron chi connectivity index (χ1n) is 11.1. The maximum atomic E-state index is 13.1. The van der Waals surface area contributed by atoms with Gasteiger partial charge in [-0.2, -0.15) is 0 Å². The maximum absolute atomic E-state index is 13.1. The van der Waals surface area contributed by atoms with E-state index in [4.69, 9.17) is 29.8 Å². The quantitative estimate of drug-likeness (QED) is 0.545. The van der Waals surface area contributed by atoms with E-state index in [0.717, 1.165) is 18.9 Å². The van der Waals surface area contributed by atoms with Crippen molar-refractivity contribution in [3.05, 3.63) is 82.9 Å².